The van der Waals surface area contributed by atoms with E-state index >= 15 is 0 Å². The van der Waals surface area contributed by atoms with Crippen molar-refractivity contribution in [3.8, 4) is 0 Å². The molecule has 1 saturated heterocycles. The SMILES string of the molecule is CNC(C1CCC(C)CC1)C1CSCCO1. The van der Waals surface area contributed by atoms with Crippen molar-refractivity contribution in [3.63, 3.8) is 0 Å². The van der Waals surface area contributed by atoms with Crippen molar-refractivity contribution in [3.05, 3.63) is 0 Å². The Kier molecular flexibility index (Phi) is 4.98. The van der Waals surface area contributed by atoms with E-state index in [1.54, 1.807) is 0 Å². The van der Waals surface area contributed by atoms with Crippen LogP contribution in [0.25, 0.3) is 0 Å². The minimum Gasteiger partial charge on any atom is -0.375 e. The van der Waals surface area contributed by atoms with Crippen LogP contribution in [0.2, 0.25) is 0 Å². The van der Waals surface area contributed by atoms with Gasteiger partial charge >= 0.3 is 0 Å². The smallest absolute Gasteiger partial charge is 0.0821 e. The van der Waals surface area contributed by atoms with E-state index in [9.17, 15) is 0 Å². The summed E-state index contributed by atoms with van der Waals surface area (Å²) in [5, 5.41) is 3.52. The number of rotatable bonds is 3. The molecule has 1 aliphatic heterocycles. The molecule has 16 heavy (non-hydrogen) atoms. The van der Waals surface area contributed by atoms with Gasteiger partial charge in [-0.05, 0) is 31.7 Å². The first-order chi connectivity index (χ1) is 7.81. The standard InChI is InChI=1S/C13H25NOS/c1-10-3-5-11(6-4-10)13(14-2)12-9-16-8-7-15-12/h10-14H,3-9H2,1-2H3. The van der Waals surface area contributed by atoms with E-state index < -0.39 is 0 Å². The van der Waals surface area contributed by atoms with Crippen molar-refractivity contribution in [1.82, 2.24) is 5.32 Å². The number of hydrogen-bond donors (Lipinski definition) is 1. The molecule has 0 aromatic rings. The molecule has 3 heteroatoms. The average Bonchev–Trinajstić information content (AvgIpc) is 2.34. The van der Waals surface area contributed by atoms with Crippen LogP contribution in [0.5, 0.6) is 0 Å². The molecule has 1 aliphatic carbocycles. The van der Waals surface area contributed by atoms with E-state index in [1.807, 2.05) is 11.8 Å². The molecule has 0 spiro atoms. The quantitative estimate of drug-likeness (QED) is 0.823. The topological polar surface area (TPSA) is 21.3 Å². The highest BCUT2D eigenvalue weighted by Gasteiger charge is 2.32. The second kappa shape index (κ2) is 6.27. The zero-order valence-electron chi connectivity index (χ0n) is 10.6. The molecule has 2 atom stereocenters. The van der Waals surface area contributed by atoms with E-state index in [0.717, 1.165) is 18.4 Å². The van der Waals surface area contributed by atoms with E-state index in [-0.39, 0.29) is 0 Å². The maximum absolute atomic E-state index is 5.93. The molecule has 1 heterocycles. The Labute approximate surface area is 104 Å². The zero-order chi connectivity index (χ0) is 11.4. The summed E-state index contributed by atoms with van der Waals surface area (Å²) >= 11 is 2.05. The third kappa shape index (κ3) is 3.14. The molecule has 1 saturated carbocycles. The predicted octanol–water partition coefficient (Wildman–Crippen LogP) is 2.53. The molecular weight excluding hydrogens is 218 g/mol. The van der Waals surface area contributed by atoms with Crippen molar-refractivity contribution in [2.24, 2.45) is 11.8 Å². The van der Waals surface area contributed by atoms with Crippen LogP contribution in [0, 0.1) is 11.8 Å². The first kappa shape index (κ1) is 12.7. The predicted molar refractivity (Wildman–Crippen MR) is 71.0 cm³/mol. The molecule has 0 bridgehead atoms. The normalized spacial score (nSPS) is 38.2. The van der Waals surface area contributed by atoms with Gasteiger partial charge in [0.25, 0.3) is 0 Å². The Morgan fingerprint density at radius 2 is 2.00 bits per heavy atom. The third-order valence-electron chi connectivity index (χ3n) is 4.14. The summed E-state index contributed by atoms with van der Waals surface area (Å²) < 4.78 is 5.93. The average molecular weight is 243 g/mol. The van der Waals surface area contributed by atoms with Crippen LogP contribution in [0.1, 0.15) is 32.6 Å². The molecular formula is C13H25NOS. The Morgan fingerprint density at radius 1 is 1.25 bits per heavy atom. The van der Waals surface area contributed by atoms with E-state index in [4.69, 9.17) is 4.74 Å². The molecule has 2 unspecified atom stereocenters. The third-order valence-corrected chi connectivity index (χ3v) is 5.16. The first-order valence-electron chi connectivity index (χ1n) is 6.68. The van der Waals surface area contributed by atoms with Crippen LogP contribution in [0.15, 0.2) is 0 Å². The van der Waals surface area contributed by atoms with Crippen LogP contribution < -0.4 is 5.32 Å². The summed E-state index contributed by atoms with van der Waals surface area (Å²) in [5.41, 5.74) is 0. The summed E-state index contributed by atoms with van der Waals surface area (Å²) in [5.74, 6) is 4.13. The fourth-order valence-electron chi connectivity index (χ4n) is 3.08. The summed E-state index contributed by atoms with van der Waals surface area (Å²) in [6, 6.07) is 0.584. The Bertz CT molecular complexity index is 198. The molecule has 2 nitrogen and oxygen atoms in total. The lowest BCUT2D eigenvalue weighted by Crippen LogP contribution is -2.48. The highest BCUT2D eigenvalue weighted by Crippen LogP contribution is 2.33. The molecule has 94 valence electrons. The van der Waals surface area contributed by atoms with Gasteiger partial charge in [-0.2, -0.15) is 11.8 Å². The van der Waals surface area contributed by atoms with Crippen molar-refractivity contribution < 1.29 is 4.74 Å². The molecule has 1 N–H and O–H groups in total. The van der Waals surface area contributed by atoms with Crippen molar-refractivity contribution in [1.29, 1.82) is 0 Å². The number of nitrogens with one attached hydrogen (secondary N) is 1. The fourth-order valence-corrected chi connectivity index (χ4v) is 4.00. The van der Waals surface area contributed by atoms with Crippen LogP contribution in [0.4, 0.5) is 0 Å². The van der Waals surface area contributed by atoms with E-state index in [1.165, 1.54) is 37.2 Å². The van der Waals surface area contributed by atoms with Crippen LogP contribution in [-0.4, -0.2) is 37.3 Å². The number of thioether (sulfide) groups is 1. The lowest BCUT2D eigenvalue weighted by atomic mass is 9.78. The van der Waals surface area contributed by atoms with Crippen molar-refractivity contribution >= 4 is 11.8 Å². The molecule has 2 aliphatic rings. The lowest BCUT2D eigenvalue weighted by molar-refractivity contribution is 0.0234. The first-order valence-corrected chi connectivity index (χ1v) is 7.83. The van der Waals surface area contributed by atoms with Crippen LogP contribution in [-0.2, 0) is 4.74 Å². The number of likely N-dealkylation sites (N-methyl/N-ethyl adjacent to an activating group) is 1. The maximum Gasteiger partial charge on any atom is 0.0821 e. The Hall–Kier alpha value is 0.270. The Balaban J connectivity index is 1.88. The number of hydrogen-bond acceptors (Lipinski definition) is 3. The van der Waals surface area contributed by atoms with Gasteiger partial charge in [-0.1, -0.05) is 19.8 Å². The van der Waals surface area contributed by atoms with E-state index in [2.05, 4.69) is 19.3 Å². The van der Waals surface area contributed by atoms with Crippen molar-refractivity contribution in [2.45, 2.75) is 44.8 Å². The van der Waals surface area contributed by atoms with Gasteiger partial charge in [-0.3, -0.25) is 0 Å². The molecule has 0 aromatic heterocycles. The zero-order valence-corrected chi connectivity index (χ0v) is 11.4. The van der Waals surface area contributed by atoms with Gasteiger partial charge in [0, 0.05) is 17.5 Å². The fraction of sp³-hybridized carbons (Fsp3) is 1.00. The van der Waals surface area contributed by atoms with Gasteiger partial charge in [0.15, 0.2) is 0 Å². The molecule has 2 fully saturated rings. The van der Waals surface area contributed by atoms with Gasteiger partial charge in [-0.25, -0.2) is 0 Å². The summed E-state index contributed by atoms with van der Waals surface area (Å²) in [6.45, 7) is 3.33. The molecule has 0 amide bonds. The van der Waals surface area contributed by atoms with Gasteiger partial charge in [0.1, 0.15) is 0 Å². The van der Waals surface area contributed by atoms with Crippen LogP contribution in [0.3, 0.4) is 0 Å². The second-order valence-corrected chi connectivity index (χ2v) is 6.47. The number of ether oxygens (including phenoxy) is 1. The van der Waals surface area contributed by atoms with Gasteiger partial charge in [0.05, 0.1) is 12.7 Å². The van der Waals surface area contributed by atoms with Gasteiger partial charge in [0.2, 0.25) is 0 Å². The Morgan fingerprint density at radius 3 is 2.56 bits per heavy atom. The summed E-state index contributed by atoms with van der Waals surface area (Å²) in [7, 11) is 2.10. The summed E-state index contributed by atoms with van der Waals surface area (Å²) in [6.07, 6.45) is 6.03. The summed E-state index contributed by atoms with van der Waals surface area (Å²) in [4.78, 5) is 0. The highest BCUT2D eigenvalue weighted by molar-refractivity contribution is 7.99. The molecule has 2 rings (SSSR count). The van der Waals surface area contributed by atoms with Crippen molar-refractivity contribution in [2.75, 3.05) is 25.2 Å². The second-order valence-electron chi connectivity index (χ2n) is 5.32. The highest BCUT2D eigenvalue weighted by atomic mass is 32.2. The van der Waals surface area contributed by atoms with Crippen LogP contribution >= 0.6 is 11.8 Å². The van der Waals surface area contributed by atoms with Gasteiger partial charge < -0.3 is 10.1 Å². The largest absolute Gasteiger partial charge is 0.375 e. The lowest BCUT2D eigenvalue weighted by Gasteiger charge is -2.38. The monoisotopic (exact) mass is 243 g/mol. The molecule has 0 aromatic carbocycles. The maximum atomic E-state index is 5.93. The minimum absolute atomic E-state index is 0.446. The van der Waals surface area contributed by atoms with Gasteiger partial charge in [-0.15, -0.1) is 0 Å². The molecule has 0 radical (unpaired) electrons. The minimum atomic E-state index is 0.446. The van der Waals surface area contributed by atoms with E-state index in [0.29, 0.717) is 12.1 Å².